The zero-order valence-electron chi connectivity index (χ0n) is 16.3. The van der Waals surface area contributed by atoms with Crippen LogP contribution in [0, 0.1) is 18.7 Å². The Morgan fingerprint density at radius 3 is 2.84 bits per heavy atom. The summed E-state index contributed by atoms with van der Waals surface area (Å²) in [4.78, 5) is 21.1. The zero-order chi connectivity index (χ0) is 22.1. The topological polar surface area (TPSA) is 113 Å². The minimum absolute atomic E-state index is 0.195. The van der Waals surface area contributed by atoms with Crippen LogP contribution < -0.4 is 5.32 Å². The highest BCUT2D eigenvalue weighted by atomic mass is 79.9. The van der Waals surface area contributed by atoms with E-state index < -0.39 is 18.2 Å². The van der Waals surface area contributed by atoms with Crippen molar-refractivity contribution in [1.29, 1.82) is 0 Å². The highest BCUT2D eigenvalue weighted by molar-refractivity contribution is 9.10. The molecule has 8 nitrogen and oxygen atoms in total. The van der Waals surface area contributed by atoms with E-state index in [-0.39, 0.29) is 34.6 Å². The highest BCUT2D eigenvalue weighted by Crippen LogP contribution is 2.29. The molecule has 4 atom stereocenters. The summed E-state index contributed by atoms with van der Waals surface area (Å²) in [5.41, 5.74) is 1.21. The van der Waals surface area contributed by atoms with Gasteiger partial charge in [0.1, 0.15) is 29.8 Å². The second kappa shape index (κ2) is 8.81. The fraction of sp³-hybridized carbons (Fsp3) is 0.286. The number of anilines is 1. The van der Waals surface area contributed by atoms with E-state index in [1.54, 1.807) is 29.1 Å². The molecule has 1 aliphatic rings. The van der Waals surface area contributed by atoms with Gasteiger partial charge in [-0.25, -0.2) is 14.4 Å². The van der Waals surface area contributed by atoms with Gasteiger partial charge in [-0.3, -0.25) is 9.48 Å². The standard InChI is InChI=1S/C21H20BrFN5O3/c1-11-6-17(20(31)18(11)29)26-21-13(8-24-10-25-21)19(30)16-4-5-28(27-16)9-12-2-3-15(23)14(22)7-12/h2-5,7-8,10-11,17-18,20,29,31H,1,6,9H2,(H,24,25,26)/t11-,17-,18-,20+/m1/s1. The van der Waals surface area contributed by atoms with E-state index in [0.717, 1.165) is 5.56 Å². The fourth-order valence-electron chi connectivity index (χ4n) is 3.59. The number of rotatable bonds is 6. The molecule has 1 saturated carbocycles. The van der Waals surface area contributed by atoms with E-state index in [4.69, 9.17) is 0 Å². The number of halogens is 2. The normalized spacial score (nSPS) is 23.1. The number of aliphatic hydroxyl groups is 2. The van der Waals surface area contributed by atoms with Crippen molar-refractivity contribution < 1.29 is 19.4 Å². The average molecular weight is 489 g/mol. The third-order valence-corrected chi connectivity index (χ3v) is 5.89. The molecular formula is C21H20BrFN5O3. The smallest absolute Gasteiger partial charge is 0.218 e. The van der Waals surface area contributed by atoms with E-state index in [1.165, 1.54) is 18.6 Å². The molecule has 1 fully saturated rings. The number of benzene rings is 1. The van der Waals surface area contributed by atoms with Crippen LogP contribution in [0.2, 0.25) is 0 Å². The van der Waals surface area contributed by atoms with Crippen molar-refractivity contribution in [2.45, 2.75) is 31.2 Å². The summed E-state index contributed by atoms with van der Waals surface area (Å²) in [6.07, 6.45) is 2.81. The molecule has 0 aliphatic heterocycles. The van der Waals surface area contributed by atoms with Crippen molar-refractivity contribution in [3.8, 4) is 0 Å². The monoisotopic (exact) mass is 488 g/mol. The number of ketones is 1. The van der Waals surface area contributed by atoms with Crippen molar-refractivity contribution in [3.05, 3.63) is 77.0 Å². The number of hydrogen-bond donors (Lipinski definition) is 3. The van der Waals surface area contributed by atoms with Crippen LogP contribution in [0.25, 0.3) is 0 Å². The molecule has 1 aliphatic carbocycles. The van der Waals surface area contributed by atoms with E-state index in [9.17, 15) is 19.4 Å². The van der Waals surface area contributed by atoms with Crippen LogP contribution in [0.4, 0.5) is 10.2 Å². The molecule has 0 unspecified atom stereocenters. The van der Waals surface area contributed by atoms with Crippen molar-refractivity contribution in [2.75, 3.05) is 5.32 Å². The van der Waals surface area contributed by atoms with Gasteiger partial charge in [0, 0.05) is 12.4 Å². The van der Waals surface area contributed by atoms with Crippen molar-refractivity contribution in [3.63, 3.8) is 0 Å². The Hall–Kier alpha value is -2.69. The number of carbonyl (C=O) groups excluding carboxylic acids is 1. The molecule has 10 heteroatoms. The molecule has 2 heterocycles. The lowest BCUT2D eigenvalue weighted by Gasteiger charge is -2.19. The minimum Gasteiger partial charge on any atom is -0.390 e. The first-order chi connectivity index (χ1) is 14.8. The molecule has 0 spiro atoms. The lowest BCUT2D eigenvalue weighted by atomic mass is 10.1. The number of nitrogens with zero attached hydrogens (tertiary/aromatic N) is 4. The van der Waals surface area contributed by atoms with Crippen LogP contribution in [0.5, 0.6) is 0 Å². The fourth-order valence-corrected chi connectivity index (χ4v) is 4.01. The number of aromatic nitrogens is 4. The summed E-state index contributed by atoms with van der Waals surface area (Å²) < 4.78 is 15.4. The van der Waals surface area contributed by atoms with Gasteiger partial charge in [0.15, 0.2) is 0 Å². The first-order valence-corrected chi connectivity index (χ1v) is 10.4. The Kier molecular flexibility index (Phi) is 6.12. The molecule has 0 amide bonds. The van der Waals surface area contributed by atoms with Crippen LogP contribution in [0.1, 0.15) is 28.0 Å². The minimum atomic E-state index is -1.02. The van der Waals surface area contributed by atoms with Crippen LogP contribution in [0.15, 0.2) is 47.5 Å². The third kappa shape index (κ3) is 4.51. The molecule has 3 aromatic rings. The molecule has 0 saturated heterocycles. The van der Waals surface area contributed by atoms with Crippen molar-refractivity contribution >= 4 is 27.5 Å². The largest absolute Gasteiger partial charge is 0.390 e. The van der Waals surface area contributed by atoms with Gasteiger partial charge in [0.2, 0.25) is 5.78 Å². The SMILES string of the molecule is [CH2][C@@H]1C[C@@H](Nc2ncncc2C(=O)c2ccn(Cc3ccc(F)c(Br)c3)n2)[C@H](O)[C@@H]1O. The Balaban J connectivity index is 1.52. The van der Waals surface area contributed by atoms with Gasteiger partial charge in [-0.15, -0.1) is 0 Å². The van der Waals surface area contributed by atoms with E-state index >= 15 is 0 Å². The average Bonchev–Trinajstić information content (AvgIpc) is 3.31. The Morgan fingerprint density at radius 2 is 2.13 bits per heavy atom. The number of aliphatic hydroxyl groups excluding tert-OH is 2. The van der Waals surface area contributed by atoms with Gasteiger partial charge >= 0.3 is 0 Å². The number of carbonyl (C=O) groups is 1. The van der Waals surface area contributed by atoms with Gasteiger partial charge in [0.25, 0.3) is 0 Å². The molecule has 1 aromatic carbocycles. The maximum absolute atomic E-state index is 13.4. The second-order valence-corrected chi connectivity index (χ2v) is 8.34. The van der Waals surface area contributed by atoms with E-state index in [2.05, 4.69) is 43.2 Å². The third-order valence-electron chi connectivity index (χ3n) is 5.28. The molecule has 161 valence electrons. The van der Waals surface area contributed by atoms with Gasteiger partial charge < -0.3 is 15.5 Å². The molecule has 3 N–H and O–H groups in total. The van der Waals surface area contributed by atoms with Crippen LogP contribution in [0.3, 0.4) is 0 Å². The summed E-state index contributed by atoms with van der Waals surface area (Å²) in [5.74, 6) is -0.811. The Bertz CT molecular complexity index is 1110. The van der Waals surface area contributed by atoms with Crippen molar-refractivity contribution in [2.24, 2.45) is 5.92 Å². The quantitative estimate of drug-likeness (QED) is 0.455. The number of hydrogen-bond acceptors (Lipinski definition) is 7. The summed E-state index contributed by atoms with van der Waals surface area (Å²) >= 11 is 3.16. The number of nitrogens with one attached hydrogen (secondary N) is 1. The van der Waals surface area contributed by atoms with E-state index in [1.807, 2.05) is 0 Å². The highest BCUT2D eigenvalue weighted by Gasteiger charge is 2.39. The second-order valence-electron chi connectivity index (χ2n) is 7.49. The van der Waals surface area contributed by atoms with Crippen LogP contribution in [-0.2, 0) is 6.54 Å². The summed E-state index contributed by atoms with van der Waals surface area (Å²) in [6.45, 7) is 4.19. The first-order valence-electron chi connectivity index (χ1n) is 9.61. The van der Waals surface area contributed by atoms with E-state index in [0.29, 0.717) is 17.4 Å². The van der Waals surface area contributed by atoms with Crippen LogP contribution in [-0.4, -0.2) is 54.0 Å². The van der Waals surface area contributed by atoms with Gasteiger partial charge in [0.05, 0.1) is 28.7 Å². The Labute approximate surface area is 186 Å². The molecule has 0 bridgehead atoms. The predicted molar refractivity (Wildman–Crippen MR) is 114 cm³/mol. The lowest BCUT2D eigenvalue weighted by Crippen LogP contribution is -2.35. The van der Waals surface area contributed by atoms with Gasteiger partial charge in [-0.05, 0) is 59.0 Å². The lowest BCUT2D eigenvalue weighted by molar-refractivity contribution is 0.0256. The Morgan fingerprint density at radius 1 is 1.32 bits per heavy atom. The van der Waals surface area contributed by atoms with Gasteiger partial charge in [-0.2, -0.15) is 5.10 Å². The van der Waals surface area contributed by atoms with Crippen molar-refractivity contribution in [1.82, 2.24) is 19.7 Å². The zero-order valence-corrected chi connectivity index (χ0v) is 17.9. The summed E-state index contributed by atoms with van der Waals surface area (Å²) in [6, 6.07) is 5.75. The molecule has 1 radical (unpaired) electrons. The summed E-state index contributed by atoms with van der Waals surface area (Å²) in [5, 5.41) is 27.5. The van der Waals surface area contributed by atoms with Crippen LogP contribution >= 0.6 is 15.9 Å². The predicted octanol–water partition coefficient (Wildman–Crippen LogP) is 2.21. The maximum Gasteiger partial charge on any atom is 0.218 e. The summed E-state index contributed by atoms with van der Waals surface area (Å²) in [7, 11) is 0. The molecule has 4 rings (SSSR count). The maximum atomic E-state index is 13.4. The molecular weight excluding hydrogens is 469 g/mol. The van der Waals surface area contributed by atoms with Gasteiger partial charge in [-0.1, -0.05) is 6.07 Å². The first kappa shape index (κ1) is 21.5. The molecule has 31 heavy (non-hydrogen) atoms. The molecule has 2 aromatic heterocycles.